The number of carbonyl (C=O) groups is 1. The normalized spacial score (nSPS) is 25.6. The Kier molecular flexibility index (Phi) is 6.46. The minimum Gasteiger partial charge on any atom is -0.351 e. The summed E-state index contributed by atoms with van der Waals surface area (Å²) in [6.45, 7) is 8.89. The van der Waals surface area contributed by atoms with E-state index in [0.717, 1.165) is 0 Å². The molecule has 0 aromatic rings. The van der Waals surface area contributed by atoms with E-state index >= 15 is 0 Å². The topological polar surface area (TPSA) is 58.4 Å². The van der Waals surface area contributed by atoms with Gasteiger partial charge >= 0.3 is 0 Å². The lowest BCUT2D eigenvalue weighted by Crippen LogP contribution is -2.51. The molecule has 4 heteroatoms. The molecule has 0 aliphatic heterocycles. The van der Waals surface area contributed by atoms with Gasteiger partial charge in [0.05, 0.1) is 0 Å². The molecule has 0 heterocycles. The van der Waals surface area contributed by atoms with E-state index in [1.54, 1.807) is 0 Å². The van der Waals surface area contributed by atoms with Gasteiger partial charge in [-0.25, -0.2) is 0 Å². The molecule has 3 unspecified atom stereocenters. The predicted octanol–water partition coefficient (Wildman–Crippen LogP) is 2.13. The highest BCUT2D eigenvalue weighted by molar-refractivity contribution is 5.77. The van der Waals surface area contributed by atoms with Gasteiger partial charge in [0.2, 0.25) is 5.91 Å². The first-order valence-corrected chi connectivity index (χ1v) is 7.97. The average molecular weight is 283 g/mol. The van der Waals surface area contributed by atoms with Crippen LogP contribution >= 0.6 is 0 Å². The highest BCUT2D eigenvalue weighted by atomic mass is 16.1. The first-order valence-electron chi connectivity index (χ1n) is 7.97. The first kappa shape index (κ1) is 17.4. The standard InChI is InChI=1S/C16H33N3O/c1-12-8-6-7-9-14(12)19(5)13(11-17)10-15(20)18-16(2,3)4/h12-14H,6-11,17H2,1-5H3,(H,18,20). The largest absolute Gasteiger partial charge is 0.351 e. The Morgan fingerprint density at radius 3 is 2.45 bits per heavy atom. The number of likely N-dealkylation sites (N-methyl/N-ethyl adjacent to an activating group) is 1. The minimum atomic E-state index is -0.174. The number of nitrogens with one attached hydrogen (secondary N) is 1. The Hall–Kier alpha value is -0.610. The molecule has 1 fully saturated rings. The fourth-order valence-electron chi connectivity index (χ4n) is 3.25. The van der Waals surface area contributed by atoms with Gasteiger partial charge in [-0.15, -0.1) is 0 Å². The van der Waals surface area contributed by atoms with Crippen molar-refractivity contribution >= 4 is 5.91 Å². The van der Waals surface area contributed by atoms with Gasteiger partial charge in [0.1, 0.15) is 0 Å². The van der Waals surface area contributed by atoms with Crippen LogP contribution in [0.3, 0.4) is 0 Å². The van der Waals surface area contributed by atoms with Crippen LogP contribution in [0.5, 0.6) is 0 Å². The lowest BCUT2D eigenvalue weighted by molar-refractivity contribution is -0.123. The second-order valence-corrected chi connectivity index (χ2v) is 7.39. The Morgan fingerprint density at radius 1 is 1.35 bits per heavy atom. The quantitative estimate of drug-likeness (QED) is 0.812. The second-order valence-electron chi connectivity index (χ2n) is 7.39. The summed E-state index contributed by atoms with van der Waals surface area (Å²) in [5.41, 5.74) is 5.74. The van der Waals surface area contributed by atoms with Crippen molar-refractivity contribution < 1.29 is 4.79 Å². The van der Waals surface area contributed by atoms with Crippen LogP contribution in [0.15, 0.2) is 0 Å². The molecule has 0 saturated heterocycles. The van der Waals surface area contributed by atoms with Crippen molar-refractivity contribution in [2.24, 2.45) is 11.7 Å². The van der Waals surface area contributed by atoms with Crippen molar-refractivity contribution in [3.63, 3.8) is 0 Å². The summed E-state index contributed by atoms with van der Waals surface area (Å²) in [6, 6.07) is 0.711. The number of rotatable bonds is 5. The molecule has 1 amide bonds. The van der Waals surface area contributed by atoms with Crippen LogP contribution < -0.4 is 11.1 Å². The summed E-state index contributed by atoms with van der Waals surface area (Å²) < 4.78 is 0. The summed E-state index contributed by atoms with van der Waals surface area (Å²) in [5, 5.41) is 3.03. The molecule has 3 atom stereocenters. The third-order valence-electron chi connectivity index (χ3n) is 4.37. The lowest BCUT2D eigenvalue weighted by Gasteiger charge is -2.40. The third-order valence-corrected chi connectivity index (χ3v) is 4.37. The SMILES string of the molecule is CC1CCCCC1N(C)C(CN)CC(=O)NC(C)(C)C. The Balaban J connectivity index is 2.58. The number of amides is 1. The van der Waals surface area contributed by atoms with E-state index in [9.17, 15) is 4.79 Å². The van der Waals surface area contributed by atoms with Crippen molar-refractivity contribution in [2.75, 3.05) is 13.6 Å². The van der Waals surface area contributed by atoms with Gasteiger partial charge in [-0.2, -0.15) is 0 Å². The molecule has 118 valence electrons. The third kappa shape index (κ3) is 5.41. The molecule has 1 aliphatic carbocycles. The molecular weight excluding hydrogens is 250 g/mol. The molecule has 0 bridgehead atoms. The molecule has 0 aromatic carbocycles. The van der Waals surface area contributed by atoms with Crippen molar-refractivity contribution in [1.82, 2.24) is 10.2 Å². The monoisotopic (exact) mass is 283 g/mol. The fourth-order valence-corrected chi connectivity index (χ4v) is 3.25. The van der Waals surface area contributed by atoms with Crippen molar-refractivity contribution in [3.05, 3.63) is 0 Å². The number of nitrogens with zero attached hydrogens (tertiary/aromatic N) is 1. The lowest BCUT2D eigenvalue weighted by atomic mass is 9.84. The minimum absolute atomic E-state index is 0.100. The van der Waals surface area contributed by atoms with E-state index in [1.807, 2.05) is 20.8 Å². The Labute approximate surface area is 124 Å². The zero-order valence-corrected chi connectivity index (χ0v) is 13.9. The van der Waals surface area contributed by atoms with Crippen LogP contribution in [0.2, 0.25) is 0 Å². The number of hydrogen-bond acceptors (Lipinski definition) is 3. The van der Waals surface area contributed by atoms with Crippen LogP contribution in [0.1, 0.15) is 59.8 Å². The molecule has 0 spiro atoms. The van der Waals surface area contributed by atoms with E-state index in [1.165, 1.54) is 25.7 Å². The van der Waals surface area contributed by atoms with Gasteiger partial charge in [-0.05, 0) is 46.6 Å². The van der Waals surface area contributed by atoms with Crippen molar-refractivity contribution in [3.8, 4) is 0 Å². The smallest absolute Gasteiger partial charge is 0.222 e. The maximum absolute atomic E-state index is 12.1. The van der Waals surface area contributed by atoms with Crippen LogP contribution in [0.4, 0.5) is 0 Å². The predicted molar refractivity (Wildman–Crippen MR) is 84.5 cm³/mol. The summed E-state index contributed by atoms with van der Waals surface area (Å²) >= 11 is 0. The number of hydrogen-bond donors (Lipinski definition) is 2. The zero-order chi connectivity index (χ0) is 15.3. The maximum atomic E-state index is 12.1. The van der Waals surface area contributed by atoms with E-state index in [0.29, 0.717) is 24.9 Å². The molecule has 20 heavy (non-hydrogen) atoms. The van der Waals surface area contributed by atoms with Crippen molar-refractivity contribution in [2.45, 2.75) is 77.4 Å². The molecule has 1 saturated carbocycles. The summed E-state index contributed by atoms with van der Waals surface area (Å²) in [7, 11) is 2.13. The molecular formula is C16H33N3O. The highest BCUT2D eigenvalue weighted by Crippen LogP contribution is 2.28. The fraction of sp³-hybridized carbons (Fsp3) is 0.938. The summed E-state index contributed by atoms with van der Waals surface area (Å²) in [5.74, 6) is 0.803. The van der Waals surface area contributed by atoms with Crippen LogP contribution in [0, 0.1) is 5.92 Å². The molecule has 0 radical (unpaired) electrons. The van der Waals surface area contributed by atoms with Gasteiger partial charge in [-0.3, -0.25) is 9.69 Å². The second kappa shape index (κ2) is 7.41. The van der Waals surface area contributed by atoms with Gasteiger partial charge in [0, 0.05) is 30.6 Å². The molecule has 3 N–H and O–H groups in total. The number of carbonyl (C=O) groups excluding carboxylic acids is 1. The van der Waals surface area contributed by atoms with E-state index in [2.05, 4.69) is 24.2 Å². The average Bonchev–Trinajstić information content (AvgIpc) is 2.33. The Morgan fingerprint density at radius 2 is 1.95 bits per heavy atom. The molecule has 4 nitrogen and oxygen atoms in total. The van der Waals surface area contributed by atoms with Gasteiger partial charge < -0.3 is 11.1 Å². The van der Waals surface area contributed by atoms with E-state index < -0.39 is 0 Å². The highest BCUT2D eigenvalue weighted by Gasteiger charge is 2.30. The molecule has 0 aromatic heterocycles. The van der Waals surface area contributed by atoms with Crippen LogP contribution in [-0.4, -0.2) is 42.0 Å². The van der Waals surface area contributed by atoms with E-state index in [4.69, 9.17) is 5.73 Å². The van der Waals surface area contributed by atoms with E-state index in [-0.39, 0.29) is 17.5 Å². The van der Waals surface area contributed by atoms with Gasteiger partial charge in [0.25, 0.3) is 0 Å². The van der Waals surface area contributed by atoms with Gasteiger partial charge in [-0.1, -0.05) is 19.8 Å². The van der Waals surface area contributed by atoms with Crippen LogP contribution in [-0.2, 0) is 4.79 Å². The maximum Gasteiger partial charge on any atom is 0.222 e. The first-order chi connectivity index (χ1) is 9.24. The zero-order valence-electron chi connectivity index (χ0n) is 13.9. The Bertz CT molecular complexity index is 311. The van der Waals surface area contributed by atoms with Crippen molar-refractivity contribution in [1.29, 1.82) is 0 Å². The molecule has 1 rings (SSSR count). The summed E-state index contributed by atoms with van der Waals surface area (Å²) in [4.78, 5) is 14.5. The molecule has 1 aliphatic rings. The number of nitrogens with two attached hydrogens (primary N) is 1. The van der Waals surface area contributed by atoms with Crippen LogP contribution in [0.25, 0.3) is 0 Å². The van der Waals surface area contributed by atoms with Gasteiger partial charge in [0.15, 0.2) is 0 Å². The summed E-state index contributed by atoms with van der Waals surface area (Å²) in [6.07, 6.45) is 5.65.